The number of benzene rings is 1. The van der Waals surface area contributed by atoms with E-state index >= 15 is 0 Å². The third-order valence-corrected chi connectivity index (χ3v) is 5.91. The van der Waals surface area contributed by atoms with Crippen LogP contribution >= 0.6 is 0 Å². The van der Waals surface area contributed by atoms with Crippen LogP contribution in [0.15, 0.2) is 24.3 Å². The first-order valence-corrected chi connectivity index (χ1v) is 9.21. The minimum atomic E-state index is -1.49. The van der Waals surface area contributed by atoms with Crippen LogP contribution in [0.4, 0.5) is 5.69 Å². The molecule has 1 aromatic rings. The Morgan fingerprint density at radius 3 is 2.96 bits per heavy atom. The Morgan fingerprint density at radius 1 is 1.46 bits per heavy atom. The van der Waals surface area contributed by atoms with Crippen molar-refractivity contribution in [2.75, 3.05) is 32.5 Å². The van der Waals surface area contributed by atoms with Crippen LogP contribution in [-0.2, 0) is 15.2 Å². The molecule has 0 spiro atoms. The maximum Gasteiger partial charge on any atom is 0.261 e. The Bertz CT molecular complexity index is 819. The van der Waals surface area contributed by atoms with Crippen LogP contribution in [-0.4, -0.2) is 59.9 Å². The fourth-order valence-electron chi connectivity index (χ4n) is 4.63. The highest BCUT2D eigenvalue weighted by Gasteiger charge is 2.53. The first-order chi connectivity index (χ1) is 12.4. The zero-order chi connectivity index (χ0) is 18.6. The number of hydrogen-bond acceptors (Lipinski definition) is 4. The third-order valence-electron chi connectivity index (χ3n) is 5.91. The molecule has 1 aliphatic carbocycles. The molecule has 6 heteroatoms. The lowest BCUT2D eigenvalue weighted by Crippen LogP contribution is -2.51. The summed E-state index contributed by atoms with van der Waals surface area (Å²) in [6.07, 6.45) is 3.30. The molecule has 2 amide bonds. The monoisotopic (exact) mass is 355 g/mol. The van der Waals surface area contributed by atoms with Crippen molar-refractivity contribution in [3.05, 3.63) is 35.4 Å². The standard InChI is InChI=1S/C20H25N3O3/c1-4-8-22(2)18(24)12-9-14-13-6-5-7-15-17(13)20(26,19(25)21-15)10-16(14)23(3)11-12/h5-7,9,12,16,26H,4,8,10-11H2,1-3H3,(H,21,25)/t12-,16-,20?/m0/s1. The lowest BCUT2D eigenvalue weighted by molar-refractivity contribution is -0.137. The van der Waals surface area contributed by atoms with Gasteiger partial charge in [0.15, 0.2) is 5.60 Å². The highest BCUT2D eigenvalue weighted by atomic mass is 16.3. The number of rotatable bonds is 3. The smallest absolute Gasteiger partial charge is 0.261 e. The topological polar surface area (TPSA) is 72.9 Å². The van der Waals surface area contributed by atoms with Gasteiger partial charge in [0, 0.05) is 43.9 Å². The van der Waals surface area contributed by atoms with Gasteiger partial charge in [-0.2, -0.15) is 0 Å². The van der Waals surface area contributed by atoms with Crippen LogP contribution in [0.2, 0.25) is 0 Å². The Hall–Kier alpha value is -2.18. The lowest BCUT2D eigenvalue weighted by atomic mass is 9.72. The van der Waals surface area contributed by atoms with Gasteiger partial charge in [0.2, 0.25) is 5.91 Å². The second-order valence-corrected chi connectivity index (χ2v) is 7.69. The maximum absolute atomic E-state index is 12.8. The summed E-state index contributed by atoms with van der Waals surface area (Å²) in [7, 11) is 3.81. The van der Waals surface area contributed by atoms with E-state index in [-0.39, 0.29) is 23.8 Å². The van der Waals surface area contributed by atoms with Gasteiger partial charge in [0.1, 0.15) is 0 Å². The molecule has 3 atom stereocenters. The van der Waals surface area contributed by atoms with E-state index in [4.69, 9.17) is 0 Å². The normalized spacial score (nSPS) is 29.5. The number of nitrogens with zero attached hydrogens (tertiary/aromatic N) is 2. The number of hydrogen-bond donors (Lipinski definition) is 2. The van der Waals surface area contributed by atoms with Gasteiger partial charge in [0.05, 0.1) is 5.92 Å². The predicted molar refractivity (Wildman–Crippen MR) is 99.4 cm³/mol. The van der Waals surface area contributed by atoms with Crippen molar-refractivity contribution < 1.29 is 14.7 Å². The number of anilines is 1. The predicted octanol–water partition coefficient (Wildman–Crippen LogP) is 1.41. The number of aliphatic hydroxyl groups is 1. The molecule has 0 saturated carbocycles. The summed E-state index contributed by atoms with van der Waals surface area (Å²) in [5.41, 5.74) is 1.77. The number of fused-ring (bicyclic) bond motifs is 2. The minimum absolute atomic E-state index is 0.0767. The number of carbonyl (C=O) groups is 2. The van der Waals surface area contributed by atoms with E-state index in [9.17, 15) is 14.7 Å². The van der Waals surface area contributed by atoms with Crippen LogP contribution < -0.4 is 5.32 Å². The summed E-state index contributed by atoms with van der Waals surface area (Å²) in [5, 5.41) is 13.9. The van der Waals surface area contributed by atoms with Crippen molar-refractivity contribution in [3.8, 4) is 0 Å². The fraction of sp³-hybridized carbons (Fsp3) is 0.500. The Kier molecular flexibility index (Phi) is 3.93. The van der Waals surface area contributed by atoms with Gasteiger partial charge in [-0.1, -0.05) is 25.1 Å². The second-order valence-electron chi connectivity index (χ2n) is 7.69. The number of likely N-dealkylation sites (N-methyl/N-ethyl adjacent to an activating group) is 1. The van der Waals surface area contributed by atoms with Gasteiger partial charge < -0.3 is 15.3 Å². The van der Waals surface area contributed by atoms with Crippen LogP contribution in [0.25, 0.3) is 5.57 Å². The highest BCUT2D eigenvalue weighted by molar-refractivity contribution is 6.08. The van der Waals surface area contributed by atoms with Crippen molar-refractivity contribution in [3.63, 3.8) is 0 Å². The van der Waals surface area contributed by atoms with E-state index in [0.29, 0.717) is 24.2 Å². The molecule has 2 heterocycles. The number of carbonyl (C=O) groups excluding carboxylic acids is 2. The van der Waals surface area contributed by atoms with Crippen molar-refractivity contribution in [1.29, 1.82) is 0 Å². The van der Waals surface area contributed by atoms with Crippen molar-refractivity contribution in [1.82, 2.24) is 9.80 Å². The van der Waals surface area contributed by atoms with Gasteiger partial charge in [0.25, 0.3) is 5.91 Å². The Morgan fingerprint density at radius 2 is 2.23 bits per heavy atom. The third kappa shape index (κ3) is 2.32. The number of nitrogens with one attached hydrogen (secondary N) is 1. The molecular formula is C20H25N3O3. The molecule has 1 aromatic carbocycles. The largest absolute Gasteiger partial charge is 0.375 e. The van der Waals surface area contributed by atoms with E-state index in [2.05, 4.69) is 23.2 Å². The average Bonchev–Trinajstić information content (AvgIpc) is 2.87. The molecule has 3 aliphatic rings. The second kappa shape index (κ2) is 5.93. The summed E-state index contributed by atoms with van der Waals surface area (Å²) in [4.78, 5) is 29.1. The zero-order valence-corrected chi connectivity index (χ0v) is 15.5. The summed E-state index contributed by atoms with van der Waals surface area (Å²) in [5.74, 6) is -0.449. The van der Waals surface area contributed by atoms with Gasteiger partial charge in [-0.25, -0.2) is 0 Å². The Labute approximate surface area is 153 Å². The average molecular weight is 355 g/mol. The minimum Gasteiger partial charge on any atom is -0.375 e. The van der Waals surface area contributed by atoms with E-state index in [1.807, 2.05) is 32.3 Å². The molecule has 2 aliphatic heterocycles. The van der Waals surface area contributed by atoms with E-state index in [1.54, 1.807) is 4.90 Å². The fourth-order valence-corrected chi connectivity index (χ4v) is 4.63. The van der Waals surface area contributed by atoms with Gasteiger partial charge in [-0.05, 0) is 30.7 Å². The van der Waals surface area contributed by atoms with Crippen molar-refractivity contribution in [2.45, 2.75) is 31.4 Å². The molecule has 6 nitrogen and oxygen atoms in total. The quantitative estimate of drug-likeness (QED) is 0.860. The SMILES string of the molecule is CCCN(C)C(=O)[C@H]1C=C2c3cccc4c3C(O)(C[C@@H]2N(C)C1)C(=O)N4. The maximum atomic E-state index is 12.8. The molecule has 1 unspecified atom stereocenters. The summed E-state index contributed by atoms with van der Waals surface area (Å²) in [6, 6.07) is 5.57. The van der Waals surface area contributed by atoms with E-state index in [1.165, 1.54) is 0 Å². The first-order valence-electron chi connectivity index (χ1n) is 9.21. The summed E-state index contributed by atoms with van der Waals surface area (Å²) >= 11 is 0. The van der Waals surface area contributed by atoms with E-state index < -0.39 is 5.60 Å². The molecule has 0 radical (unpaired) electrons. The number of amides is 2. The molecule has 0 aromatic heterocycles. The van der Waals surface area contributed by atoms with Gasteiger partial charge in [-0.15, -0.1) is 0 Å². The molecule has 0 saturated heterocycles. The molecule has 4 rings (SSSR count). The molecule has 138 valence electrons. The van der Waals surface area contributed by atoms with Gasteiger partial charge in [-0.3, -0.25) is 14.5 Å². The van der Waals surface area contributed by atoms with Gasteiger partial charge >= 0.3 is 0 Å². The molecule has 2 N–H and O–H groups in total. The van der Waals surface area contributed by atoms with Crippen LogP contribution in [0.3, 0.4) is 0 Å². The summed E-state index contributed by atoms with van der Waals surface area (Å²) < 4.78 is 0. The Balaban J connectivity index is 1.79. The molecule has 0 fully saturated rings. The van der Waals surface area contributed by atoms with Crippen LogP contribution in [0.1, 0.15) is 30.9 Å². The van der Waals surface area contributed by atoms with Crippen molar-refractivity contribution >= 4 is 23.1 Å². The zero-order valence-electron chi connectivity index (χ0n) is 15.5. The molecular weight excluding hydrogens is 330 g/mol. The lowest BCUT2D eigenvalue weighted by Gasteiger charge is -2.44. The van der Waals surface area contributed by atoms with Crippen LogP contribution in [0, 0.1) is 5.92 Å². The van der Waals surface area contributed by atoms with Crippen molar-refractivity contribution in [2.24, 2.45) is 5.92 Å². The van der Waals surface area contributed by atoms with Crippen LogP contribution in [0.5, 0.6) is 0 Å². The highest BCUT2D eigenvalue weighted by Crippen LogP contribution is 2.51. The molecule has 0 bridgehead atoms. The van der Waals surface area contributed by atoms with E-state index in [0.717, 1.165) is 24.1 Å². The molecule has 26 heavy (non-hydrogen) atoms. The summed E-state index contributed by atoms with van der Waals surface area (Å²) in [6.45, 7) is 3.39. The first kappa shape index (κ1) is 17.2.